The van der Waals surface area contributed by atoms with Gasteiger partial charge in [-0.3, -0.25) is 4.90 Å². The van der Waals surface area contributed by atoms with Crippen molar-refractivity contribution >= 4 is 27.3 Å². The Kier molecular flexibility index (Phi) is 4.95. The van der Waals surface area contributed by atoms with Gasteiger partial charge in [-0.1, -0.05) is 6.08 Å². The van der Waals surface area contributed by atoms with E-state index in [1.54, 1.807) is 0 Å². The van der Waals surface area contributed by atoms with Crippen LogP contribution in [0, 0.1) is 45.3 Å². The molecule has 2 unspecified atom stereocenters. The summed E-state index contributed by atoms with van der Waals surface area (Å²) in [5, 5.41) is 31.6. The highest BCUT2D eigenvalue weighted by molar-refractivity contribution is 9.10. The molecule has 1 aromatic heterocycles. The van der Waals surface area contributed by atoms with E-state index in [4.69, 9.17) is 5.73 Å². The van der Waals surface area contributed by atoms with E-state index in [9.17, 15) is 15.8 Å². The molecule has 132 valence electrons. The number of allylic oxidation sites excluding steroid dienone is 2. The lowest BCUT2D eigenvalue weighted by Gasteiger charge is -2.45. The van der Waals surface area contributed by atoms with Crippen molar-refractivity contribution in [3.8, 4) is 18.2 Å². The third-order valence-corrected chi connectivity index (χ3v) is 7.09. The molecule has 1 aliphatic carbocycles. The first-order valence-electron chi connectivity index (χ1n) is 8.30. The van der Waals surface area contributed by atoms with Gasteiger partial charge in [-0.05, 0) is 41.4 Å². The molecular formula is C19H18BrN5S. The van der Waals surface area contributed by atoms with Gasteiger partial charge in [0.2, 0.25) is 0 Å². The minimum Gasteiger partial charge on any atom is -0.399 e. The van der Waals surface area contributed by atoms with Crippen LogP contribution in [0.1, 0.15) is 24.6 Å². The highest BCUT2D eigenvalue weighted by atomic mass is 79.9. The molecule has 2 heterocycles. The van der Waals surface area contributed by atoms with Gasteiger partial charge in [0, 0.05) is 45.7 Å². The second-order valence-corrected chi connectivity index (χ2v) is 8.75. The fourth-order valence-electron chi connectivity index (χ4n) is 3.92. The quantitative estimate of drug-likeness (QED) is 0.775. The van der Waals surface area contributed by atoms with E-state index in [0.717, 1.165) is 21.5 Å². The average Bonchev–Trinajstić information content (AvgIpc) is 3.06. The zero-order chi connectivity index (χ0) is 19.1. The van der Waals surface area contributed by atoms with Gasteiger partial charge in [0.15, 0.2) is 5.41 Å². The molecule has 0 saturated carbocycles. The Balaban J connectivity index is 2.29. The summed E-state index contributed by atoms with van der Waals surface area (Å²) in [4.78, 5) is 3.22. The minimum absolute atomic E-state index is 0.0834. The van der Waals surface area contributed by atoms with Crippen LogP contribution in [-0.4, -0.2) is 24.0 Å². The monoisotopic (exact) mass is 427 g/mol. The number of fused-ring (bicyclic) bond motifs is 1. The molecule has 0 radical (unpaired) electrons. The SMILES string of the molecule is CC(C)N1CC=C2C(C#N)=C(N)C(C#N)(C#N)C(c3cc(Br)cs3)C2C1. The van der Waals surface area contributed by atoms with Crippen LogP contribution in [0.15, 0.2) is 38.8 Å². The molecule has 0 saturated heterocycles. The lowest BCUT2D eigenvalue weighted by Crippen LogP contribution is -2.49. The Hall–Kier alpha value is -2.11. The molecule has 0 aromatic carbocycles. The molecule has 3 rings (SSSR count). The van der Waals surface area contributed by atoms with Crippen molar-refractivity contribution in [3.63, 3.8) is 0 Å². The number of halogens is 1. The summed E-state index contributed by atoms with van der Waals surface area (Å²) in [5.41, 5.74) is 5.99. The average molecular weight is 428 g/mol. The number of thiophene rings is 1. The van der Waals surface area contributed by atoms with Crippen LogP contribution in [0.5, 0.6) is 0 Å². The Morgan fingerprint density at radius 2 is 2.04 bits per heavy atom. The van der Waals surface area contributed by atoms with Crippen molar-refractivity contribution in [1.29, 1.82) is 15.8 Å². The van der Waals surface area contributed by atoms with E-state index in [-0.39, 0.29) is 11.6 Å². The topological polar surface area (TPSA) is 101 Å². The second kappa shape index (κ2) is 6.89. The standard InChI is InChI=1S/C19H18BrN5S/c1-11(2)25-4-3-13-14(6-21)18(24)19(9-22,10-23)17(15(13)7-25)16-5-12(20)8-26-16/h3,5,8,11,15,17H,4,7,24H2,1-2H3. The van der Waals surface area contributed by atoms with E-state index < -0.39 is 11.3 Å². The van der Waals surface area contributed by atoms with Crippen molar-refractivity contribution in [2.45, 2.75) is 25.8 Å². The lowest BCUT2D eigenvalue weighted by molar-refractivity contribution is 0.175. The van der Waals surface area contributed by atoms with Crippen molar-refractivity contribution in [3.05, 3.63) is 43.7 Å². The maximum Gasteiger partial charge on any atom is 0.192 e. The van der Waals surface area contributed by atoms with E-state index in [1.807, 2.05) is 17.5 Å². The van der Waals surface area contributed by atoms with Crippen LogP contribution >= 0.6 is 27.3 Å². The number of rotatable bonds is 2. The lowest BCUT2D eigenvalue weighted by atomic mass is 9.59. The van der Waals surface area contributed by atoms with E-state index >= 15 is 0 Å². The molecule has 26 heavy (non-hydrogen) atoms. The fourth-order valence-corrected chi connectivity index (χ4v) is 5.60. The summed E-state index contributed by atoms with van der Waals surface area (Å²) in [7, 11) is 0. The Morgan fingerprint density at radius 1 is 1.35 bits per heavy atom. The third kappa shape index (κ3) is 2.66. The van der Waals surface area contributed by atoms with Gasteiger partial charge in [0.25, 0.3) is 0 Å². The van der Waals surface area contributed by atoms with Crippen LogP contribution in [0.4, 0.5) is 0 Å². The predicted octanol–water partition coefficient (Wildman–Crippen LogP) is 3.64. The second-order valence-electron chi connectivity index (χ2n) is 6.89. The molecule has 2 N–H and O–H groups in total. The Bertz CT molecular complexity index is 907. The number of nitrogens with zero attached hydrogens (tertiary/aromatic N) is 4. The molecule has 2 aliphatic rings. The number of nitriles is 3. The molecule has 1 aliphatic heterocycles. The predicted molar refractivity (Wildman–Crippen MR) is 104 cm³/mol. The van der Waals surface area contributed by atoms with Crippen molar-refractivity contribution in [2.24, 2.45) is 17.1 Å². The normalized spacial score (nSPS) is 25.0. The van der Waals surface area contributed by atoms with Crippen LogP contribution < -0.4 is 5.73 Å². The molecule has 0 amide bonds. The first-order chi connectivity index (χ1) is 12.4. The zero-order valence-electron chi connectivity index (χ0n) is 14.5. The first-order valence-corrected chi connectivity index (χ1v) is 9.98. The summed E-state index contributed by atoms with van der Waals surface area (Å²) < 4.78 is 0.915. The molecule has 0 bridgehead atoms. The van der Waals surface area contributed by atoms with Crippen LogP contribution in [0.25, 0.3) is 0 Å². The maximum atomic E-state index is 9.99. The van der Waals surface area contributed by atoms with E-state index in [1.165, 1.54) is 11.3 Å². The maximum absolute atomic E-state index is 9.99. The van der Waals surface area contributed by atoms with Gasteiger partial charge in [-0.2, -0.15) is 15.8 Å². The summed E-state index contributed by atoms with van der Waals surface area (Å²) in [5.74, 6) is -0.531. The van der Waals surface area contributed by atoms with Gasteiger partial charge in [-0.25, -0.2) is 0 Å². The van der Waals surface area contributed by atoms with Crippen molar-refractivity contribution < 1.29 is 0 Å². The van der Waals surface area contributed by atoms with Gasteiger partial charge >= 0.3 is 0 Å². The van der Waals surface area contributed by atoms with Crippen LogP contribution in [-0.2, 0) is 0 Å². The largest absolute Gasteiger partial charge is 0.399 e. The molecule has 1 aromatic rings. The Labute approximate surface area is 165 Å². The van der Waals surface area contributed by atoms with Crippen molar-refractivity contribution in [2.75, 3.05) is 13.1 Å². The van der Waals surface area contributed by atoms with Crippen molar-refractivity contribution in [1.82, 2.24) is 4.90 Å². The molecule has 5 nitrogen and oxygen atoms in total. The molecule has 0 fully saturated rings. The molecule has 2 atom stereocenters. The first kappa shape index (κ1) is 18.7. The summed E-state index contributed by atoms with van der Waals surface area (Å²) in [6.07, 6.45) is 2.04. The number of nitrogens with two attached hydrogens (primary N) is 1. The van der Waals surface area contributed by atoms with Gasteiger partial charge in [0.05, 0.1) is 23.4 Å². The van der Waals surface area contributed by atoms with Gasteiger partial charge in [-0.15, -0.1) is 11.3 Å². The van der Waals surface area contributed by atoms with E-state index in [0.29, 0.717) is 18.2 Å². The molecule has 7 heteroatoms. The number of hydrogen-bond donors (Lipinski definition) is 1. The smallest absolute Gasteiger partial charge is 0.192 e. The number of hydrogen-bond acceptors (Lipinski definition) is 6. The fraction of sp³-hybridized carbons (Fsp3) is 0.421. The van der Waals surface area contributed by atoms with E-state index in [2.05, 4.69) is 52.9 Å². The molecule has 0 spiro atoms. The summed E-state index contributed by atoms with van der Waals surface area (Å²) >= 11 is 4.98. The summed E-state index contributed by atoms with van der Waals surface area (Å²) in [6, 6.07) is 8.77. The van der Waals surface area contributed by atoms with Gasteiger partial charge < -0.3 is 5.73 Å². The van der Waals surface area contributed by atoms with Crippen LogP contribution in [0.3, 0.4) is 0 Å². The van der Waals surface area contributed by atoms with Gasteiger partial charge in [0.1, 0.15) is 6.07 Å². The Morgan fingerprint density at radius 3 is 2.54 bits per heavy atom. The third-order valence-electron chi connectivity index (χ3n) is 5.32. The van der Waals surface area contributed by atoms with Crippen LogP contribution in [0.2, 0.25) is 0 Å². The highest BCUT2D eigenvalue weighted by Gasteiger charge is 2.55. The molecular weight excluding hydrogens is 410 g/mol. The zero-order valence-corrected chi connectivity index (χ0v) is 16.9. The minimum atomic E-state index is -1.54. The highest BCUT2D eigenvalue weighted by Crippen LogP contribution is 2.55. The summed E-state index contributed by atoms with van der Waals surface area (Å²) in [6.45, 7) is 5.66.